The highest BCUT2D eigenvalue weighted by Crippen LogP contribution is 2.23. The molecule has 7 heteroatoms. The number of halogens is 1. The van der Waals surface area contributed by atoms with Crippen LogP contribution in [-0.4, -0.2) is 29.1 Å². The fourth-order valence-corrected chi connectivity index (χ4v) is 1.26. The van der Waals surface area contributed by atoms with E-state index >= 15 is 0 Å². The molecule has 92 valence electrons. The number of rotatable bonds is 4. The van der Waals surface area contributed by atoms with Gasteiger partial charge in [0.25, 0.3) is 5.69 Å². The van der Waals surface area contributed by atoms with E-state index < -0.39 is 28.4 Å². The van der Waals surface area contributed by atoms with Crippen LogP contribution in [0.2, 0.25) is 0 Å². The smallest absolute Gasteiger partial charge is 0.326 e. The van der Waals surface area contributed by atoms with Crippen LogP contribution < -0.4 is 4.90 Å². The Kier molecular flexibility index (Phi) is 3.62. The lowest BCUT2D eigenvalue weighted by molar-refractivity contribution is -0.385. The van der Waals surface area contributed by atoms with Crippen LogP contribution in [0.4, 0.5) is 15.8 Å². The second kappa shape index (κ2) is 4.77. The van der Waals surface area contributed by atoms with Gasteiger partial charge in [0.1, 0.15) is 11.9 Å². The molecule has 17 heavy (non-hydrogen) atoms. The molecule has 1 aromatic carbocycles. The monoisotopic (exact) mass is 242 g/mol. The molecule has 0 radical (unpaired) electrons. The summed E-state index contributed by atoms with van der Waals surface area (Å²) < 4.78 is 13.1. The third-order valence-electron chi connectivity index (χ3n) is 2.42. The second-order valence-corrected chi connectivity index (χ2v) is 3.55. The summed E-state index contributed by atoms with van der Waals surface area (Å²) in [6.45, 7) is 1.40. The van der Waals surface area contributed by atoms with Gasteiger partial charge in [-0.3, -0.25) is 10.1 Å². The Morgan fingerprint density at radius 2 is 2.12 bits per heavy atom. The van der Waals surface area contributed by atoms with Crippen molar-refractivity contribution >= 4 is 17.3 Å². The van der Waals surface area contributed by atoms with Crippen LogP contribution in [0.3, 0.4) is 0 Å². The van der Waals surface area contributed by atoms with Gasteiger partial charge in [0.05, 0.1) is 11.0 Å². The average molecular weight is 242 g/mol. The number of nitro groups is 1. The molecular weight excluding hydrogens is 231 g/mol. The number of non-ortho nitro benzene ring substituents is 1. The van der Waals surface area contributed by atoms with E-state index in [9.17, 15) is 19.3 Å². The van der Waals surface area contributed by atoms with Gasteiger partial charge in [-0.1, -0.05) is 0 Å². The van der Waals surface area contributed by atoms with E-state index in [1.165, 1.54) is 18.9 Å². The molecule has 0 aliphatic heterocycles. The van der Waals surface area contributed by atoms with Gasteiger partial charge in [0.15, 0.2) is 0 Å². The van der Waals surface area contributed by atoms with Crippen molar-refractivity contribution in [2.75, 3.05) is 11.9 Å². The summed E-state index contributed by atoms with van der Waals surface area (Å²) in [4.78, 5) is 21.8. The first kappa shape index (κ1) is 12.9. The van der Waals surface area contributed by atoms with Gasteiger partial charge >= 0.3 is 5.97 Å². The maximum atomic E-state index is 13.1. The summed E-state index contributed by atoms with van der Waals surface area (Å²) in [5.41, 5.74) is -0.268. The maximum absolute atomic E-state index is 13.1. The average Bonchev–Trinajstić information content (AvgIpc) is 2.25. The molecule has 0 aliphatic rings. The molecule has 0 aromatic heterocycles. The molecule has 0 saturated carbocycles. The normalized spacial score (nSPS) is 11.9. The van der Waals surface area contributed by atoms with Crippen molar-refractivity contribution in [1.29, 1.82) is 0 Å². The summed E-state index contributed by atoms with van der Waals surface area (Å²) in [7, 11) is 1.43. The van der Waals surface area contributed by atoms with Crippen molar-refractivity contribution < 1.29 is 19.2 Å². The maximum Gasteiger partial charge on any atom is 0.326 e. The summed E-state index contributed by atoms with van der Waals surface area (Å²) in [6, 6.07) is 2.05. The Bertz CT molecular complexity index is 464. The summed E-state index contributed by atoms with van der Waals surface area (Å²) in [5, 5.41) is 19.3. The van der Waals surface area contributed by atoms with Crippen LogP contribution in [0.5, 0.6) is 0 Å². The zero-order valence-corrected chi connectivity index (χ0v) is 9.25. The minimum Gasteiger partial charge on any atom is -0.480 e. The highest BCUT2D eigenvalue weighted by molar-refractivity contribution is 5.77. The van der Waals surface area contributed by atoms with E-state index in [4.69, 9.17) is 5.11 Å². The van der Waals surface area contributed by atoms with Gasteiger partial charge in [-0.05, 0) is 13.0 Å². The molecule has 0 bridgehead atoms. The van der Waals surface area contributed by atoms with Gasteiger partial charge in [0, 0.05) is 18.8 Å². The van der Waals surface area contributed by atoms with Crippen LogP contribution in [0, 0.1) is 15.9 Å². The van der Waals surface area contributed by atoms with Crippen molar-refractivity contribution in [3.63, 3.8) is 0 Å². The number of likely N-dealkylation sites (N-methyl/N-ethyl adjacent to an activating group) is 1. The predicted molar refractivity (Wildman–Crippen MR) is 58.6 cm³/mol. The minimum atomic E-state index is -1.10. The Balaban J connectivity index is 3.13. The molecule has 0 amide bonds. The number of benzene rings is 1. The fourth-order valence-electron chi connectivity index (χ4n) is 1.26. The van der Waals surface area contributed by atoms with Gasteiger partial charge in [-0.25, -0.2) is 9.18 Å². The molecule has 0 spiro atoms. The van der Waals surface area contributed by atoms with E-state index in [1.807, 2.05) is 0 Å². The first-order valence-corrected chi connectivity index (χ1v) is 4.73. The lowest BCUT2D eigenvalue weighted by Gasteiger charge is -2.23. The zero-order valence-electron chi connectivity index (χ0n) is 9.25. The summed E-state index contributed by atoms with van der Waals surface area (Å²) >= 11 is 0. The largest absolute Gasteiger partial charge is 0.480 e. The number of nitro benzene ring substituents is 1. The molecule has 0 aliphatic carbocycles. The SMILES string of the molecule is CC(C(=O)O)N(C)c1cc(F)cc([N+](=O)[O-])c1. The lowest BCUT2D eigenvalue weighted by Crippen LogP contribution is -2.35. The Morgan fingerprint density at radius 1 is 1.53 bits per heavy atom. The van der Waals surface area contributed by atoms with Crippen molar-refractivity contribution in [2.24, 2.45) is 0 Å². The fraction of sp³-hybridized carbons (Fsp3) is 0.300. The number of hydrogen-bond donors (Lipinski definition) is 1. The Labute approximate surface area is 96.4 Å². The first-order chi connectivity index (χ1) is 7.82. The van der Waals surface area contributed by atoms with Gasteiger partial charge in [-0.15, -0.1) is 0 Å². The van der Waals surface area contributed by atoms with Gasteiger partial charge in [-0.2, -0.15) is 0 Å². The molecule has 1 N–H and O–H groups in total. The number of aliphatic carboxylic acids is 1. The third kappa shape index (κ3) is 2.90. The molecule has 0 fully saturated rings. The number of carbonyl (C=O) groups is 1. The van der Waals surface area contributed by atoms with Crippen LogP contribution in [0.25, 0.3) is 0 Å². The standard InChI is InChI=1S/C10H11FN2O4/c1-6(10(14)15)12(2)8-3-7(11)4-9(5-8)13(16)17/h3-6H,1-2H3,(H,14,15). The number of anilines is 1. The Morgan fingerprint density at radius 3 is 2.59 bits per heavy atom. The van der Waals surface area contributed by atoms with E-state index in [0.29, 0.717) is 0 Å². The number of hydrogen-bond acceptors (Lipinski definition) is 4. The molecular formula is C10H11FN2O4. The highest BCUT2D eigenvalue weighted by atomic mass is 19.1. The van der Waals surface area contributed by atoms with Crippen molar-refractivity contribution in [1.82, 2.24) is 0 Å². The molecule has 6 nitrogen and oxygen atoms in total. The van der Waals surface area contributed by atoms with Crippen molar-refractivity contribution in [3.05, 3.63) is 34.1 Å². The first-order valence-electron chi connectivity index (χ1n) is 4.73. The quantitative estimate of drug-likeness (QED) is 0.641. The van der Waals surface area contributed by atoms with E-state index in [2.05, 4.69) is 0 Å². The predicted octanol–water partition coefficient (Wildman–Crippen LogP) is 1.64. The Hall–Kier alpha value is -2.18. The molecule has 0 saturated heterocycles. The van der Waals surface area contributed by atoms with E-state index in [-0.39, 0.29) is 5.69 Å². The minimum absolute atomic E-state index is 0.145. The van der Waals surface area contributed by atoms with Gasteiger partial charge < -0.3 is 10.0 Å². The highest BCUT2D eigenvalue weighted by Gasteiger charge is 2.20. The van der Waals surface area contributed by atoms with E-state index in [0.717, 1.165) is 18.2 Å². The lowest BCUT2D eigenvalue weighted by atomic mass is 10.2. The van der Waals surface area contributed by atoms with Crippen LogP contribution in [-0.2, 0) is 4.79 Å². The van der Waals surface area contributed by atoms with Crippen LogP contribution >= 0.6 is 0 Å². The van der Waals surface area contributed by atoms with Crippen LogP contribution in [0.15, 0.2) is 18.2 Å². The molecule has 1 unspecified atom stereocenters. The van der Waals surface area contributed by atoms with Crippen molar-refractivity contribution in [2.45, 2.75) is 13.0 Å². The number of carboxylic acids is 1. The number of nitrogens with zero attached hydrogens (tertiary/aromatic N) is 2. The molecule has 1 aromatic rings. The number of carboxylic acid groups (broad SMARTS) is 1. The topological polar surface area (TPSA) is 83.7 Å². The molecule has 1 rings (SSSR count). The third-order valence-corrected chi connectivity index (χ3v) is 2.42. The summed E-state index contributed by atoms with van der Waals surface area (Å²) in [6.07, 6.45) is 0. The zero-order chi connectivity index (χ0) is 13.2. The molecule has 1 atom stereocenters. The van der Waals surface area contributed by atoms with E-state index in [1.54, 1.807) is 0 Å². The van der Waals surface area contributed by atoms with Gasteiger partial charge in [0.2, 0.25) is 0 Å². The van der Waals surface area contributed by atoms with Crippen LogP contribution in [0.1, 0.15) is 6.92 Å². The van der Waals surface area contributed by atoms with Crippen molar-refractivity contribution in [3.8, 4) is 0 Å². The second-order valence-electron chi connectivity index (χ2n) is 3.55. The molecule has 0 heterocycles. The summed E-state index contributed by atoms with van der Waals surface area (Å²) in [5.74, 6) is -1.88.